The van der Waals surface area contributed by atoms with Crippen LogP contribution in [-0.2, 0) is 30.3 Å². The van der Waals surface area contributed by atoms with Crippen LogP contribution in [0.15, 0.2) is 0 Å². The Hall–Kier alpha value is -4.23. The van der Waals surface area contributed by atoms with Gasteiger partial charge >= 0.3 is 12.2 Å². The number of nitrogens with one attached hydrogen (secondary N) is 4. The fourth-order valence-electron chi connectivity index (χ4n) is 6.28. The number of nitrogens with zero attached hydrogens (tertiary/aromatic N) is 1. The highest BCUT2D eigenvalue weighted by molar-refractivity contribution is 5.94. The van der Waals surface area contributed by atoms with Crippen LogP contribution in [0.4, 0.5) is 9.59 Å². The molecule has 14 heteroatoms. The minimum atomic E-state index is -0.954. The van der Waals surface area contributed by atoms with E-state index >= 15 is 0 Å². The van der Waals surface area contributed by atoms with Gasteiger partial charge in [0.2, 0.25) is 17.7 Å². The first-order chi connectivity index (χ1) is 24.3. The molecular formula is C38H63N5O9. The van der Waals surface area contributed by atoms with Gasteiger partial charge in [0.1, 0.15) is 35.2 Å². The Morgan fingerprint density at radius 1 is 0.846 bits per heavy atom. The molecule has 0 aromatic heterocycles. The van der Waals surface area contributed by atoms with Crippen LogP contribution in [0.2, 0.25) is 0 Å². The monoisotopic (exact) mass is 733 g/mol. The first-order valence-electron chi connectivity index (χ1n) is 18.3. The van der Waals surface area contributed by atoms with E-state index in [2.05, 4.69) is 21.3 Å². The number of carbonyl (C=O) groups excluding carboxylic acids is 5. The summed E-state index contributed by atoms with van der Waals surface area (Å²) < 4.78 is 22.2. The lowest BCUT2D eigenvalue weighted by molar-refractivity contribution is -0.134. The molecule has 5 amide bonds. The molecule has 52 heavy (non-hydrogen) atoms. The Bertz CT molecular complexity index is 1410. The lowest BCUT2D eigenvalue weighted by Gasteiger charge is -2.30. The van der Waals surface area contributed by atoms with Crippen molar-refractivity contribution in [3.63, 3.8) is 0 Å². The van der Waals surface area contributed by atoms with Crippen LogP contribution < -0.4 is 30.7 Å². The molecule has 14 nitrogen and oxygen atoms in total. The third-order valence-corrected chi connectivity index (χ3v) is 8.96. The summed E-state index contributed by atoms with van der Waals surface area (Å²) in [4.78, 5) is 66.6. The van der Waals surface area contributed by atoms with Crippen molar-refractivity contribution in [2.75, 3.05) is 33.9 Å². The quantitative estimate of drug-likeness (QED) is 0.167. The Labute approximate surface area is 309 Å². The first kappa shape index (κ1) is 43.9. The Morgan fingerprint density at radius 2 is 1.48 bits per heavy atom. The molecule has 4 N–H and O–H groups in total. The fraction of sp³-hybridized carbons (Fsp3) is 0.711. The lowest BCUT2D eigenvalue weighted by Crippen LogP contribution is -2.58. The Morgan fingerprint density at radius 3 is 2.06 bits per heavy atom. The zero-order valence-electron chi connectivity index (χ0n) is 33.4. The number of carbonyl (C=O) groups is 5. The Kier molecular flexibility index (Phi) is 17.0. The molecule has 0 aliphatic carbocycles. The van der Waals surface area contributed by atoms with E-state index in [0.717, 1.165) is 33.8 Å². The van der Waals surface area contributed by atoms with Gasteiger partial charge in [0.25, 0.3) is 0 Å². The van der Waals surface area contributed by atoms with Gasteiger partial charge in [-0.2, -0.15) is 0 Å². The molecule has 1 fully saturated rings. The summed E-state index contributed by atoms with van der Waals surface area (Å²) in [6.45, 7) is 19.3. The number of ether oxygens (including phenoxy) is 4. The zero-order chi connectivity index (χ0) is 39.3. The smallest absolute Gasteiger partial charge is 0.410 e. The summed E-state index contributed by atoms with van der Waals surface area (Å²) in [5.41, 5.74) is 3.33. The van der Waals surface area contributed by atoms with E-state index in [-0.39, 0.29) is 37.4 Å². The molecule has 0 saturated carbocycles. The maximum Gasteiger partial charge on any atom is 0.410 e. The van der Waals surface area contributed by atoms with Gasteiger partial charge in [-0.1, -0.05) is 13.8 Å². The van der Waals surface area contributed by atoms with Crippen molar-refractivity contribution in [2.24, 2.45) is 5.92 Å². The van der Waals surface area contributed by atoms with Gasteiger partial charge in [0, 0.05) is 24.7 Å². The number of likely N-dealkylation sites (tertiary alicyclic amines) is 1. The highest BCUT2D eigenvalue weighted by Gasteiger charge is 2.39. The predicted octanol–water partition coefficient (Wildman–Crippen LogP) is 4.62. The molecular weight excluding hydrogens is 670 g/mol. The molecule has 1 saturated heterocycles. The number of hydrogen-bond acceptors (Lipinski definition) is 9. The van der Waals surface area contributed by atoms with Gasteiger partial charge in [0.05, 0.1) is 20.8 Å². The van der Waals surface area contributed by atoms with E-state index in [1.807, 2.05) is 34.6 Å². The largest absolute Gasteiger partial charge is 0.496 e. The van der Waals surface area contributed by atoms with E-state index < -0.39 is 47.7 Å². The maximum atomic E-state index is 13.5. The average molecular weight is 734 g/mol. The van der Waals surface area contributed by atoms with Gasteiger partial charge in [-0.15, -0.1) is 0 Å². The molecule has 0 radical (unpaired) electrons. The highest BCUT2D eigenvalue weighted by atomic mass is 16.6. The van der Waals surface area contributed by atoms with E-state index in [1.165, 1.54) is 4.90 Å². The van der Waals surface area contributed by atoms with Crippen LogP contribution in [0.1, 0.15) is 103 Å². The minimum Gasteiger partial charge on any atom is -0.496 e. The van der Waals surface area contributed by atoms with Crippen molar-refractivity contribution in [1.82, 2.24) is 26.2 Å². The van der Waals surface area contributed by atoms with Crippen molar-refractivity contribution in [3.05, 3.63) is 22.3 Å². The van der Waals surface area contributed by atoms with Gasteiger partial charge in [-0.05, 0) is 117 Å². The van der Waals surface area contributed by atoms with Crippen LogP contribution >= 0.6 is 0 Å². The normalized spacial score (nSPS) is 15.5. The zero-order valence-corrected chi connectivity index (χ0v) is 33.4. The molecule has 1 aliphatic rings. The molecule has 0 spiro atoms. The summed E-state index contributed by atoms with van der Waals surface area (Å²) in [5.74, 6) is -0.0263. The lowest BCUT2D eigenvalue weighted by atomic mass is 9.94. The van der Waals surface area contributed by atoms with Crippen LogP contribution in [-0.4, -0.2) is 98.5 Å². The van der Waals surface area contributed by atoms with E-state index in [4.69, 9.17) is 18.9 Å². The van der Waals surface area contributed by atoms with Crippen LogP contribution in [0, 0.1) is 26.7 Å². The maximum absolute atomic E-state index is 13.5. The topological polar surface area (TPSA) is 174 Å². The second-order valence-corrected chi connectivity index (χ2v) is 15.0. The van der Waals surface area contributed by atoms with Crippen molar-refractivity contribution in [3.8, 4) is 11.5 Å². The van der Waals surface area contributed by atoms with Gasteiger partial charge < -0.3 is 40.2 Å². The summed E-state index contributed by atoms with van der Waals surface area (Å²) in [6.07, 6.45) is 1.73. The summed E-state index contributed by atoms with van der Waals surface area (Å²) in [7, 11) is 3.29. The SMILES string of the molecule is COc1c(C)c(C)c(OC)c(CCCOC(=O)NCCCC(NC(=O)C(NC(=O)[C@@H]2CCCN2C(=O)OC(C)(C)C)C(C)C)C(=O)NC(C)C)c1C. The Balaban J connectivity index is 1.95. The van der Waals surface area contributed by atoms with Crippen molar-refractivity contribution < 1.29 is 42.9 Å². The molecule has 3 atom stereocenters. The van der Waals surface area contributed by atoms with Crippen molar-refractivity contribution in [2.45, 2.75) is 138 Å². The standard InChI is InChI=1S/C38H63N5O9/c1-22(2)30(42-34(45)29-18-14-20-43(29)37(48)52-38(8,9)10)35(46)41-28(33(44)40-23(3)4)17-13-19-39-36(47)51-21-15-16-27-26(7)31(49-11)24(5)25(6)32(27)50-12/h22-23,28-30H,13-21H2,1-12H3,(H,39,47)(H,40,44)(H,41,46)(H,42,45)/t28?,29-,30?/m0/s1. The summed E-state index contributed by atoms with van der Waals surface area (Å²) >= 11 is 0. The van der Waals surface area contributed by atoms with Crippen LogP contribution in [0.25, 0.3) is 0 Å². The highest BCUT2D eigenvalue weighted by Crippen LogP contribution is 2.38. The molecule has 1 heterocycles. The van der Waals surface area contributed by atoms with E-state index in [9.17, 15) is 24.0 Å². The number of methoxy groups -OCH3 is 2. The number of amides is 5. The minimum absolute atomic E-state index is 0.171. The molecule has 1 aliphatic heterocycles. The predicted molar refractivity (Wildman–Crippen MR) is 199 cm³/mol. The summed E-state index contributed by atoms with van der Waals surface area (Å²) in [6, 6.07) is -2.80. The van der Waals surface area contributed by atoms with Crippen molar-refractivity contribution in [1.29, 1.82) is 0 Å². The van der Waals surface area contributed by atoms with Gasteiger partial charge in [-0.25, -0.2) is 9.59 Å². The third kappa shape index (κ3) is 12.8. The fourth-order valence-corrected chi connectivity index (χ4v) is 6.28. The molecule has 0 bridgehead atoms. The number of benzene rings is 1. The van der Waals surface area contributed by atoms with E-state index in [0.29, 0.717) is 38.6 Å². The number of rotatable bonds is 17. The third-order valence-electron chi connectivity index (χ3n) is 8.96. The van der Waals surface area contributed by atoms with Crippen LogP contribution in [0.5, 0.6) is 11.5 Å². The second kappa shape index (κ2) is 20.1. The number of alkyl carbamates (subject to hydrolysis) is 1. The van der Waals surface area contributed by atoms with Gasteiger partial charge in [0.15, 0.2) is 0 Å². The molecule has 2 rings (SSSR count). The molecule has 1 aromatic carbocycles. The average Bonchev–Trinajstić information content (AvgIpc) is 3.55. The van der Waals surface area contributed by atoms with Gasteiger partial charge in [-0.3, -0.25) is 19.3 Å². The van der Waals surface area contributed by atoms with Crippen LogP contribution in [0.3, 0.4) is 0 Å². The summed E-state index contributed by atoms with van der Waals surface area (Å²) in [5, 5.41) is 11.2. The molecule has 1 aromatic rings. The first-order valence-corrected chi connectivity index (χ1v) is 18.3. The number of hydrogen-bond donors (Lipinski definition) is 4. The second-order valence-electron chi connectivity index (χ2n) is 15.0. The van der Waals surface area contributed by atoms with Crippen molar-refractivity contribution >= 4 is 29.9 Å². The van der Waals surface area contributed by atoms with E-state index in [1.54, 1.807) is 48.8 Å². The molecule has 2 unspecified atom stereocenters. The molecule has 294 valence electrons.